The van der Waals surface area contributed by atoms with Gasteiger partial charge in [0.2, 0.25) is 0 Å². The number of aromatic nitrogens is 1. The van der Waals surface area contributed by atoms with Crippen molar-refractivity contribution in [3.05, 3.63) is 53.6 Å². The van der Waals surface area contributed by atoms with Gasteiger partial charge in [-0.1, -0.05) is 12.1 Å². The molecular formula is C13H7FN2O. The van der Waals surface area contributed by atoms with Crippen molar-refractivity contribution in [2.45, 2.75) is 0 Å². The van der Waals surface area contributed by atoms with Gasteiger partial charge in [-0.2, -0.15) is 5.26 Å². The van der Waals surface area contributed by atoms with Crippen LogP contribution in [-0.2, 0) is 0 Å². The highest BCUT2D eigenvalue weighted by atomic mass is 19.1. The molecule has 82 valence electrons. The lowest BCUT2D eigenvalue weighted by Gasteiger charge is -2.03. The van der Waals surface area contributed by atoms with Gasteiger partial charge in [0.05, 0.1) is 5.56 Å². The van der Waals surface area contributed by atoms with Crippen LogP contribution in [0.2, 0.25) is 0 Å². The number of nitrogens with zero attached hydrogens (tertiary/aromatic N) is 2. The fourth-order valence-electron chi connectivity index (χ4n) is 1.49. The number of hydrogen-bond donors (Lipinski definition) is 0. The van der Waals surface area contributed by atoms with E-state index in [4.69, 9.17) is 5.26 Å². The van der Waals surface area contributed by atoms with Gasteiger partial charge in [-0.3, -0.25) is 9.78 Å². The summed E-state index contributed by atoms with van der Waals surface area (Å²) in [6.07, 6.45) is 3.46. The molecule has 0 aliphatic rings. The number of carbonyl (C=O) groups is 1. The predicted octanol–water partition coefficient (Wildman–Crippen LogP) is 2.57. The molecule has 0 spiro atoms. The first-order chi connectivity index (χ1) is 8.24. The van der Waals surface area contributed by atoms with Crippen molar-refractivity contribution >= 4 is 6.29 Å². The standard InChI is InChI=1S/C13H7FN2O/c14-13-4-9(8-17)1-2-12(13)11-3-10(5-15)6-16-7-11/h1-4,6-8H. The highest BCUT2D eigenvalue weighted by molar-refractivity contribution is 5.77. The average Bonchev–Trinajstić information content (AvgIpc) is 2.38. The fraction of sp³-hybridized carbons (Fsp3) is 0. The van der Waals surface area contributed by atoms with Gasteiger partial charge in [0.25, 0.3) is 0 Å². The van der Waals surface area contributed by atoms with Gasteiger partial charge in [0.1, 0.15) is 18.2 Å². The molecule has 0 bridgehead atoms. The number of carbonyl (C=O) groups excluding carboxylic acids is 1. The highest BCUT2D eigenvalue weighted by Gasteiger charge is 2.07. The van der Waals surface area contributed by atoms with Gasteiger partial charge in [-0.25, -0.2) is 4.39 Å². The summed E-state index contributed by atoms with van der Waals surface area (Å²) in [5.41, 5.74) is 1.47. The molecule has 0 atom stereocenters. The fourth-order valence-corrected chi connectivity index (χ4v) is 1.49. The van der Waals surface area contributed by atoms with Gasteiger partial charge in [0, 0.05) is 29.1 Å². The van der Waals surface area contributed by atoms with E-state index < -0.39 is 5.82 Å². The Hall–Kier alpha value is -2.54. The molecule has 17 heavy (non-hydrogen) atoms. The smallest absolute Gasteiger partial charge is 0.150 e. The third kappa shape index (κ3) is 2.18. The molecule has 0 unspecified atom stereocenters. The Bertz CT molecular complexity index is 617. The molecule has 2 aromatic rings. The van der Waals surface area contributed by atoms with Crippen LogP contribution >= 0.6 is 0 Å². The van der Waals surface area contributed by atoms with Gasteiger partial charge in [-0.15, -0.1) is 0 Å². The van der Waals surface area contributed by atoms with E-state index in [1.165, 1.54) is 24.5 Å². The van der Waals surface area contributed by atoms with Crippen molar-refractivity contribution in [3.63, 3.8) is 0 Å². The monoisotopic (exact) mass is 226 g/mol. The maximum Gasteiger partial charge on any atom is 0.150 e. The lowest BCUT2D eigenvalue weighted by Crippen LogP contribution is -1.89. The maximum atomic E-state index is 13.7. The summed E-state index contributed by atoms with van der Waals surface area (Å²) in [4.78, 5) is 14.3. The van der Waals surface area contributed by atoms with Crippen molar-refractivity contribution < 1.29 is 9.18 Å². The second-order valence-corrected chi connectivity index (χ2v) is 3.43. The lowest BCUT2D eigenvalue weighted by molar-refractivity contribution is 0.112. The summed E-state index contributed by atoms with van der Waals surface area (Å²) in [5, 5.41) is 8.73. The molecular weight excluding hydrogens is 219 g/mol. The van der Waals surface area contributed by atoms with Crippen molar-refractivity contribution in [2.24, 2.45) is 0 Å². The van der Waals surface area contributed by atoms with E-state index >= 15 is 0 Å². The number of pyridine rings is 1. The largest absolute Gasteiger partial charge is 0.298 e. The number of benzene rings is 1. The maximum absolute atomic E-state index is 13.7. The molecule has 1 heterocycles. The second-order valence-electron chi connectivity index (χ2n) is 3.43. The Labute approximate surface area is 97.2 Å². The minimum atomic E-state index is -0.508. The highest BCUT2D eigenvalue weighted by Crippen LogP contribution is 2.23. The third-order valence-corrected chi connectivity index (χ3v) is 2.31. The number of nitriles is 1. The molecule has 0 saturated carbocycles. The van der Waals surface area contributed by atoms with E-state index in [9.17, 15) is 9.18 Å². The van der Waals surface area contributed by atoms with E-state index in [2.05, 4.69) is 4.98 Å². The zero-order valence-corrected chi connectivity index (χ0v) is 8.72. The van der Waals surface area contributed by atoms with Crippen LogP contribution in [0.3, 0.4) is 0 Å². The van der Waals surface area contributed by atoms with Crippen LogP contribution in [0.25, 0.3) is 11.1 Å². The molecule has 0 fully saturated rings. The Morgan fingerprint density at radius 1 is 1.29 bits per heavy atom. The van der Waals surface area contributed by atoms with E-state index in [0.717, 1.165) is 6.07 Å². The second kappa shape index (κ2) is 4.54. The first kappa shape index (κ1) is 11.0. The topological polar surface area (TPSA) is 53.8 Å². The summed E-state index contributed by atoms with van der Waals surface area (Å²) in [5.74, 6) is -0.508. The van der Waals surface area contributed by atoms with Gasteiger partial charge in [-0.05, 0) is 12.1 Å². The van der Waals surface area contributed by atoms with Crippen LogP contribution in [-0.4, -0.2) is 11.3 Å². The average molecular weight is 226 g/mol. The molecule has 0 aliphatic carbocycles. The Morgan fingerprint density at radius 3 is 2.76 bits per heavy atom. The van der Waals surface area contributed by atoms with E-state index in [1.807, 2.05) is 6.07 Å². The number of aldehydes is 1. The van der Waals surface area contributed by atoms with Crippen molar-refractivity contribution in [1.82, 2.24) is 4.98 Å². The SMILES string of the molecule is N#Cc1cncc(-c2ccc(C=O)cc2F)c1. The molecule has 4 heteroatoms. The molecule has 0 amide bonds. The molecule has 0 saturated heterocycles. The Morgan fingerprint density at radius 2 is 2.12 bits per heavy atom. The normalized spacial score (nSPS) is 9.65. The summed E-state index contributed by atoms with van der Waals surface area (Å²) < 4.78 is 13.7. The third-order valence-electron chi connectivity index (χ3n) is 2.31. The zero-order chi connectivity index (χ0) is 12.3. The van der Waals surface area contributed by atoms with Gasteiger partial charge in [0.15, 0.2) is 0 Å². The van der Waals surface area contributed by atoms with Crippen LogP contribution < -0.4 is 0 Å². The van der Waals surface area contributed by atoms with Crippen LogP contribution in [0.1, 0.15) is 15.9 Å². The molecule has 3 nitrogen and oxygen atoms in total. The van der Waals surface area contributed by atoms with Crippen LogP contribution in [0.5, 0.6) is 0 Å². The Balaban J connectivity index is 2.53. The van der Waals surface area contributed by atoms with E-state index in [-0.39, 0.29) is 5.56 Å². The molecule has 1 aromatic carbocycles. The van der Waals surface area contributed by atoms with Crippen LogP contribution in [0.4, 0.5) is 4.39 Å². The molecule has 0 radical (unpaired) electrons. The molecule has 2 rings (SSSR count). The zero-order valence-electron chi connectivity index (χ0n) is 8.72. The minimum Gasteiger partial charge on any atom is -0.298 e. The number of hydrogen-bond acceptors (Lipinski definition) is 3. The molecule has 0 N–H and O–H groups in total. The summed E-state index contributed by atoms with van der Waals surface area (Å²) in [6.45, 7) is 0. The quantitative estimate of drug-likeness (QED) is 0.739. The van der Waals surface area contributed by atoms with Crippen molar-refractivity contribution in [1.29, 1.82) is 5.26 Å². The summed E-state index contributed by atoms with van der Waals surface area (Å²) in [7, 11) is 0. The summed E-state index contributed by atoms with van der Waals surface area (Å²) >= 11 is 0. The van der Waals surface area contributed by atoms with Crippen molar-refractivity contribution in [3.8, 4) is 17.2 Å². The molecule has 1 aromatic heterocycles. The van der Waals surface area contributed by atoms with Gasteiger partial charge >= 0.3 is 0 Å². The van der Waals surface area contributed by atoms with E-state index in [0.29, 0.717) is 23.0 Å². The first-order valence-corrected chi connectivity index (χ1v) is 4.85. The first-order valence-electron chi connectivity index (χ1n) is 4.85. The summed E-state index contributed by atoms with van der Waals surface area (Å²) in [6, 6.07) is 7.66. The predicted molar refractivity (Wildman–Crippen MR) is 59.7 cm³/mol. The Kier molecular flexibility index (Phi) is 2.93. The van der Waals surface area contributed by atoms with Crippen molar-refractivity contribution in [2.75, 3.05) is 0 Å². The lowest BCUT2D eigenvalue weighted by atomic mass is 10.0. The van der Waals surface area contributed by atoms with Crippen LogP contribution in [0.15, 0.2) is 36.7 Å². The van der Waals surface area contributed by atoms with Crippen LogP contribution in [0, 0.1) is 17.1 Å². The minimum absolute atomic E-state index is 0.274. The van der Waals surface area contributed by atoms with Gasteiger partial charge < -0.3 is 0 Å². The molecule has 0 aliphatic heterocycles. The number of rotatable bonds is 2. The number of halogens is 1. The van der Waals surface area contributed by atoms with E-state index in [1.54, 1.807) is 6.07 Å².